The van der Waals surface area contributed by atoms with Crippen LogP contribution < -0.4 is 5.56 Å². The van der Waals surface area contributed by atoms with Crippen molar-refractivity contribution in [2.45, 2.75) is 26.2 Å². The zero-order valence-corrected chi connectivity index (χ0v) is 9.31. The molecular formula is C13H15NO2. The number of benzene rings is 1. The van der Waals surface area contributed by atoms with Crippen LogP contribution in [-0.2, 0) is 6.42 Å². The standard InChI is InChI=1S/C13H15NO2/c1-2-3-7-11-9-10-6-4-5-8-12(10)13(15)14(11)16/h4-6,8-9,16H,2-3,7H2,1H3. The molecule has 0 radical (unpaired) electrons. The minimum atomic E-state index is -0.329. The summed E-state index contributed by atoms with van der Waals surface area (Å²) in [7, 11) is 0. The summed E-state index contributed by atoms with van der Waals surface area (Å²) >= 11 is 0. The van der Waals surface area contributed by atoms with Crippen LogP contribution in [0.25, 0.3) is 10.8 Å². The summed E-state index contributed by atoms with van der Waals surface area (Å²) in [4.78, 5) is 11.8. The lowest BCUT2D eigenvalue weighted by atomic mass is 10.1. The third-order valence-corrected chi connectivity index (χ3v) is 2.76. The molecule has 0 aliphatic heterocycles. The van der Waals surface area contributed by atoms with E-state index in [1.807, 2.05) is 18.2 Å². The third-order valence-electron chi connectivity index (χ3n) is 2.76. The van der Waals surface area contributed by atoms with E-state index >= 15 is 0 Å². The topological polar surface area (TPSA) is 42.2 Å². The van der Waals surface area contributed by atoms with E-state index in [0.717, 1.165) is 29.4 Å². The molecule has 0 aliphatic rings. The molecule has 3 heteroatoms. The van der Waals surface area contributed by atoms with Crippen LogP contribution in [0.2, 0.25) is 0 Å². The van der Waals surface area contributed by atoms with Crippen LogP contribution in [0.4, 0.5) is 0 Å². The van der Waals surface area contributed by atoms with Crippen LogP contribution in [-0.4, -0.2) is 9.94 Å². The molecule has 0 bridgehead atoms. The lowest BCUT2D eigenvalue weighted by Crippen LogP contribution is -2.21. The average molecular weight is 217 g/mol. The predicted molar refractivity (Wildman–Crippen MR) is 64.0 cm³/mol. The Morgan fingerprint density at radius 2 is 2.06 bits per heavy atom. The second kappa shape index (κ2) is 4.39. The Bertz CT molecular complexity index is 557. The molecular weight excluding hydrogens is 202 g/mol. The van der Waals surface area contributed by atoms with Crippen molar-refractivity contribution >= 4 is 10.8 Å². The van der Waals surface area contributed by atoms with Gasteiger partial charge in [-0.2, -0.15) is 4.73 Å². The van der Waals surface area contributed by atoms with Crippen molar-refractivity contribution in [1.29, 1.82) is 0 Å². The normalized spacial score (nSPS) is 10.8. The minimum absolute atomic E-state index is 0.329. The smallest absolute Gasteiger partial charge is 0.290 e. The number of unbranched alkanes of at least 4 members (excludes halogenated alkanes) is 1. The van der Waals surface area contributed by atoms with Crippen LogP contribution >= 0.6 is 0 Å². The van der Waals surface area contributed by atoms with Gasteiger partial charge in [-0.25, -0.2) is 0 Å². The van der Waals surface area contributed by atoms with Gasteiger partial charge in [-0.15, -0.1) is 0 Å². The molecule has 84 valence electrons. The van der Waals surface area contributed by atoms with E-state index in [4.69, 9.17) is 0 Å². The van der Waals surface area contributed by atoms with Gasteiger partial charge in [0.25, 0.3) is 5.56 Å². The molecule has 0 fully saturated rings. The van der Waals surface area contributed by atoms with Crippen molar-refractivity contribution in [3.05, 3.63) is 46.4 Å². The highest BCUT2D eigenvalue weighted by molar-refractivity contribution is 5.81. The largest absolute Gasteiger partial charge is 0.425 e. The van der Waals surface area contributed by atoms with Crippen LogP contribution in [0.5, 0.6) is 0 Å². The fourth-order valence-electron chi connectivity index (χ4n) is 1.84. The number of hydrogen-bond acceptors (Lipinski definition) is 2. The maximum absolute atomic E-state index is 11.8. The Morgan fingerprint density at radius 3 is 2.81 bits per heavy atom. The molecule has 1 heterocycles. The quantitative estimate of drug-likeness (QED) is 0.803. The Labute approximate surface area is 93.9 Å². The molecule has 0 atom stereocenters. The molecule has 2 rings (SSSR count). The van der Waals surface area contributed by atoms with Crippen LogP contribution in [0.1, 0.15) is 25.5 Å². The first-order valence-electron chi connectivity index (χ1n) is 5.57. The minimum Gasteiger partial charge on any atom is -0.425 e. The van der Waals surface area contributed by atoms with Crippen LogP contribution in [0.15, 0.2) is 35.1 Å². The predicted octanol–water partition coefficient (Wildman–Crippen LogP) is 2.58. The summed E-state index contributed by atoms with van der Waals surface area (Å²) in [5, 5.41) is 11.2. The van der Waals surface area contributed by atoms with E-state index < -0.39 is 0 Å². The van der Waals surface area contributed by atoms with E-state index in [-0.39, 0.29) is 5.56 Å². The first-order chi connectivity index (χ1) is 7.74. The summed E-state index contributed by atoms with van der Waals surface area (Å²) in [6.45, 7) is 2.08. The Balaban J connectivity index is 2.60. The second-order valence-electron chi connectivity index (χ2n) is 3.94. The highest BCUT2D eigenvalue weighted by atomic mass is 16.5. The third kappa shape index (κ3) is 1.81. The zero-order valence-electron chi connectivity index (χ0n) is 9.31. The van der Waals surface area contributed by atoms with Gasteiger partial charge in [0.15, 0.2) is 0 Å². The first-order valence-corrected chi connectivity index (χ1v) is 5.57. The maximum atomic E-state index is 11.8. The van der Waals surface area contributed by atoms with Gasteiger partial charge in [0.1, 0.15) is 0 Å². The number of fused-ring (bicyclic) bond motifs is 1. The Kier molecular flexibility index (Phi) is 2.95. The van der Waals surface area contributed by atoms with Gasteiger partial charge < -0.3 is 5.21 Å². The first kappa shape index (κ1) is 10.7. The van der Waals surface area contributed by atoms with Crippen molar-refractivity contribution in [3.63, 3.8) is 0 Å². The molecule has 0 saturated heterocycles. The Hall–Kier alpha value is -1.77. The fourth-order valence-corrected chi connectivity index (χ4v) is 1.84. The van der Waals surface area contributed by atoms with Gasteiger partial charge >= 0.3 is 0 Å². The van der Waals surface area contributed by atoms with Gasteiger partial charge in [-0.3, -0.25) is 4.79 Å². The van der Waals surface area contributed by atoms with Crippen molar-refractivity contribution in [1.82, 2.24) is 4.73 Å². The molecule has 16 heavy (non-hydrogen) atoms. The van der Waals surface area contributed by atoms with Crippen LogP contribution in [0.3, 0.4) is 0 Å². The van der Waals surface area contributed by atoms with E-state index in [1.54, 1.807) is 12.1 Å². The van der Waals surface area contributed by atoms with Gasteiger partial charge in [0.2, 0.25) is 0 Å². The zero-order chi connectivity index (χ0) is 11.5. The fraction of sp³-hybridized carbons (Fsp3) is 0.308. The van der Waals surface area contributed by atoms with E-state index in [1.165, 1.54) is 0 Å². The molecule has 0 unspecified atom stereocenters. The number of rotatable bonds is 3. The second-order valence-corrected chi connectivity index (χ2v) is 3.94. The molecule has 0 spiro atoms. The lowest BCUT2D eigenvalue weighted by Gasteiger charge is -2.07. The van der Waals surface area contributed by atoms with Crippen molar-refractivity contribution in [3.8, 4) is 0 Å². The van der Waals surface area contributed by atoms with E-state index in [9.17, 15) is 10.0 Å². The van der Waals surface area contributed by atoms with E-state index in [0.29, 0.717) is 11.1 Å². The van der Waals surface area contributed by atoms with Crippen molar-refractivity contribution in [2.75, 3.05) is 0 Å². The molecule has 0 amide bonds. The lowest BCUT2D eigenvalue weighted by molar-refractivity contribution is 0.166. The van der Waals surface area contributed by atoms with Crippen molar-refractivity contribution < 1.29 is 5.21 Å². The summed E-state index contributed by atoms with van der Waals surface area (Å²) in [5.74, 6) is 0. The van der Waals surface area contributed by atoms with Crippen LogP contribution in [0, 0.1) is 0 Å². The van der Waals surface area contributed by atoms with Gasteiger partial charge in [-0.1, -0.05) is 31.5 Å². The molecule has 1 N–H and O–H groups in total. The molecule has 2 aromatic rings. The summed E-state index contributed by atoms with van der Waals surface area (Å²) in [5.41, 5.74) is 0.356. The molecule has 1 aromatic heterocycles. The molecule has 3 nitrogen and oxygen atoms in total. The average Bonchev–Trinajstić information content (AvgIpc) is 2.32. The summed E-state index contributed by atoms with van der Waals surface area (Å²) in [6.07, 6.45) is 2.74. The SMILES string of the molecule is CCCCc1cc2ccccc2c(=O)n1O. The monoisotopic (exact) mass is 217 g/mol. The summed E-state index contributed by atoms with van der Waals surface area (Å²) in [6, 6.07) is 9.20. The van der Waals surface area contributed by atoms with E-state index in [2.05, 4.69) is 6.92 Å². The van der Waals surface area contributed by atoms with Gasteiger partial charge in [0.05, 0.1) is 11.1 Å². The van der Waals surface area contributed by atoms with Gasteiger partial charge in [-0.05, 0) is 30.4 Å². The molecule has 0 aliphatic carbocycles. The number of hydrogen-bond donors (Lipinski definition) is 1. The van der Waals surface area contributed by atoms with Crippen molar-refractivity contribution in [2.24, 2.45) is 0 Å². The number of aromatic nitrogens is 1. The van der Waals surface area contributed by atoms with Gasteiger partial charge in [0, 0.05) is 0 Å². The molecule has 0 saturated carbocycles. The molecule has 1 aromatic carbocycles. The Morgan fingerprint density at radius 1 is 1.31 bits per heavy atom. The number of pyridine rings is 1. The number of aryl methyl sites for hydroxylation is 1. The highest BCUT2D eigenvalue weighted by Crippen LogP contribution is 2.12. The summed E-state index contributed by atoms with van der Waals surface area (Å²) < 4.78 is 0.776. The highest BCUT2D eigenvalue weighted by Gasteiger charge is 2.06. The maximum Gasteiger partial charge on any atom is 0.290 e. The number of nitrogens with zero attached hydrogens (tertiary/aromatic N) is 1.